The Hall–Kier alpha value is -3.76. The zero-order valence-corrected chi connectivity index (χ0v) is 18.3. The van der Waals surface area contributed by atoms with E-state index in [1.807, 2.05) is 36.6 Å². The van der Waals surface area contributed by atoms with E-state index in [1.54, 1.807) is 12.1 Å². The van der Waals surface area contributed by atoms with Gasteiger partial charge in [-0.05, 0) is 43.3 Å². The molecule has 32 heavy (non-hydrogen) atoms. The van der Waals surface area contributed by atoms with Crippen LogP contribution in [0.5, 0.6) is 5.75 Å². The lowest BCUT2D eigenvalue weighted by atomic mass is 10.2. The van der Waals surface area contributed by atoms with E-state index in [9.17, 15) is 14.9 Å². The van der Waals surface area contributed by atoms with Crippen LogP contribution in [0.1, 0.15) is 16.6 Å². The maximum atomic E-state index is 12.7. The number of ether oxygens (including phenoxy) is 1. The van der Waals surface area contributed by atoms with Gasteiger partial charge in [0, 0.05) is 33.0 Å². The summed E-state index contributed by atoms with van der Waals surface area (Å²) in [5, 5.41) is 17.6. The van der Waals surface area contributed by atoms with Gasteiger partial charge in [0.25, 0.3) is 11.6 Å². The second kappa shape index (κ2) is 8.06. The molecule has 10 heteroatoms. The predicted molar refractivity (Wildman–Crippen MR) is 125 cm³/mol. The highest BCUT2D eigenvalue weighted by molar-refractivity contribution is 7.21. The van der Waals surface area contributed by atoms with Gasteiger partial charge in [0.15, 0.2) is 10.9 Å². The minimum atomic E-state index is -0.455. The number of nitro benzene ring substituents is 1. The third-order valence-electron chi connectivity index (χ3n) is 4.71. The molecule has 8 nitrogen and oxygen atoms in total. The minimum absolute atomic E-state index is 0.00830. The molecule has 0 unspecified atom stereocenters. The standard InChI is InChI=1S/C22H15N3O5S2/c1-2-29-15-4-5-17-12(8-15)9-18(30-17)16-11-31-22(23-16)24-21(26)20-10-13-7-14(25(27)28)3-6-19(13)32-20/h3-11H,2H2,1H3,(H,23,24,26). The fourth-order valence-corrected chi connectivity index (χ4v) is 4.90. The molecule has 3 aromatic heterocycles. The predicted octanol–water partition coefficient (Wildman–Crippen LogP) is 6.33. The van der Waals surface area contributed by atoms with Crippen molar-refractivity contribution in [2.45, 2.75) is 6.92 Å². The van der Waals surface area contributed by atoms with Crippen LogP contribution in [0.25, 0.3) is 32.5 Å². The van der Waals surface area contributed by atoms with E-state index in [1.165, 1.54) is 34.8 Å². The number of anilines is 1. The molecule has 0 atom stereocenters. The molecule has 5 aromatic rings. The van der Waals surface area contributed by atoms with Crippen LogP contribution in [0.3, 0.4) is 0 Å². The third kappa shape index (κ3) is 3.81. The van der Waals surface area contributed by atoms with E-state index >= 15 is 0 Å². The number of nitrogens with zero attached hydrogens (tertiary/aromatic N) is 2. The number of non-ortho nitro benzene ring substituents is 1. The number of hydrogen-bond acceptors (Lipinski definition) is 8. The van der Waals surface area contributed by atoms with Gasteiger partial charge in [-0.1, -0.05) is 0 Å². The van der Waals surface area contributed by atoms with Crippen LogP contribution in [0, 0.1) is 10.1 Å². The van der Waals surface area contributed by atoms with Gasteiger partial charge in [0.2, 0.25) is 0 Å². The number of benzene rings is 2. The summed E-state index contributed by atoms with van der Waals surface area (Å²) in [6.07, 6.45) is 0. The Morgan fingerprint density at radius 3 is 2.88 bits per heavy atom. The van der Waals surface area contributed by atoms with Crippen molar-refractivity contribution in [2.75, 3.05) is 11.9 Å². The van der Waals surface area contributed by atoms with Gasteiger partial charge in [-0.3, -0.25) is 20.2 Å². The van der Waals surface area contributed by atoms with E-state index in [4.69, 9.17) is 9.15 Å². The molecule has 0 spiro atoms. The highest BCUT2D eigenvalue weighted by Gasteiger charge is 2.16. The molecule has 0 fully saturated rings. The fraction of sp³-hybridized carbons (Fsp3) is 0.0909. The summed E-state index contributed by atoms with van der Waals surface area (Å²) < 4.78 is 12.2. The average molecular weight is 466 g/mol. The molecular weight excluding hydrogens is 450 g/mol. The molecule has 1 N–H and O–H groups in total. The largest absolute Gasteiger partial charge is 0.494 e. The minimum Gasteiger partial charge on any atom is -0.494 e. The van der Waals surface area contributed by atoms with Gasteiger partial charge < -0.3 is 9.15 Å². The van der Waals surface area contributed by atoms with Gasteiger partial charge >= 0.3 is 0 Å². The monoisotopic (exact) mass is 465 g/mol. The third-order valence-corrected chi connectivity index (χ3v) is 6.58. The number of fused-ring (bicyclic) bond motifs is 2. The summed E-state index contributed by atoms with van der Waals surface area (Å²) in [5.74, 6) is 1.05. The summed E-state index contributed by atoms with van der Waals surface area (Å²) in [5.41, 5.74) is 1.33. The van der Waals surface area contributed by atoms with Crippen LogP contribution in [-0.2, 0) is 0 Å². The molecule has 3 heterocycles. The number of thiazole rings is 1. The average Bonchev–Trinajstić information content (AvgIpc) is 3.50. The molecule has 5 rings (SSSR count). The van der Waals surface area contributed by atoms with Crippen LogP contribution in [0.4, 0.5) is 10.8 Å². The lowest BCUT2D eigenvalue weighted by Crippen LogP contribution is -2.09. The number of amides is 1. The lowest BCUT2D eigenvalue weighted by Gasteiger charge is -2.00. The van der Waals surface area contributed by atoms with Crippen molar-refractivity contribution in [2.24, 2.45) is 0 Å². The number of thiophene rings is 1. The van der Waals surface area contributed by atoms with Gasteiger partial charge in [0.05, 0.1) is 16.4 Å². The van der Waals surface area contributed by atoms with Gasteiger partial charge in [-0.25, -0.2) is 4.98 Å². The first-order chi connectivity index (χ1) is 15.5. The van der Waals surface area contributed by atoms with Gasteiger partial charge in [0.1, 0.15) is 17.0 Å². The van der Waals surface area contributed by atoms with E-state index < -0.39 is 4.92 Å². The maximum Gasteiger partial charge on any atom is 0.270 e. The van der Waals surface area contributed by atoms with E-state index in [0.717, 1.165) is 21.4 Å². The summed E-state index contributed by atoms with van der Waals surface area (Å²) >= 11 is 2.56. The summed E-state index contributed by atoms with van der Waals surface area (Å²) in [4.78, 5) is 28.1. The molecule has 0 saturated carbocycles. The second-order valence-corrected chi connectivity index (χ2v) is 8.77. The van der Waals surface area contributed by atoms with E-state index in [-0.39, 0.29) is 11.6 Å². The highest BCUT2D eigenvalue weighted by atomic mass is 32.1. The number of aromatic nitrogens is 1. The Balaban J connectivity index is 1.36. The summed E-state index contributed by atoms with van der Waals surface area (Å²) in [6.45, 7) is 2.51. The van der Waals surface area contributed by atoms with Crippen LogP contribution < -0.4 is 10.1 Å². The Morgan fingerprint density at radius 2 is 2.06 bits per heavy atom. The molecule has 160 valence electrons. The number of nitrogens with one attached hydrogen (secondary N) is 1. The normalized spacial score (nSPS) is 11.2. The first-order valence-electron chi connectivity index (χ1n) is 9.62. The van der Waals surface area contributed by atoms with Crippen molar-refractivity contribution in [3.8, 4) is 17.2 Å². The van der Waals surface area contributed by atoms with Crippen molar-refractivity contribution in [1.82, 2.24) is 4.98 Å². The molecule has 0 bridgehead atoms. The zero-order valence-electron chi connectivity index (χ0n) is 16.7. The smallest absolute Gasteiger partial charge is 0.270 e. The van der Waals surface area contributed by atoms with Crippen molar-refractivity contribution in [3.63, 3.8) is 0 Å². The van der Waals surface area contributed by atoms with Crippen LogP contribution in [0.2, 0.25) is 0 Å². The number of nitro groups is 1. The fourth-order valence-electron chi connectivity index (χ4n) is 3.26. The summed E-state index contributed by atoms with van der Waals surface area (Å²) in [6, 6.07) is 13.7. The molecule has 2 aromatic carbocycles. The van der Waals surface area contributed by atoms with E-state index in [2.05, 4.69) is 10.3 Å². The maximum absolute atomic E-state index is 12.7. The van der Waals surface area contributed by atoms with Crippen molar-refractivity contribution in [1.29, 1.82) is 0 Å². The highest BCUT2D eigenvalue weighted by Crippen LogP contribution is 2.33. The molecule has 0 aliphatic carbocycles. The Morgan fingerprint density at radius 1 is 1.19 bits per heavy atom. The van der Waals surface area contributed by atoms with Crippen molar-refractivity contribution in [3.05, 3.63) is 68.9 Å². The first-order valence-corrected chi connectivity index (χ1v) is 11.3. The molecule has 0 saturated heterocycles. The quantitative estimate of drug-likeness (QED) is 0.232. The number of carbonyl (C=O) groups excluding carboxylic acids is 1. The zero-order chi connectivity index (χ0) is 22.2. The lowest BCUT2D eigenvalue weighted by molar-refractivity contribution is -0.384. The Kier molecular flexibility index (Phi) is 5.08. The van der Waals surface area contributed by atoms with Gasteiger partial charge in [-0.15, -0.1) is 22.7 Å². The Labute approximate surface area is 189 Å². The molecule has 0 aliphatic heterocycles. The number of furan rings is 1. The molecule has 1 amide bonds. The first kappa shape index (κ1) is 20.2. The molecule has 0 aliphatic rings. The van der Waals surface area contributed by atoms with Crippen LogP contribution >= 0.6 is 22.7 Å². The summed E-state index contributed by atoms with van der Waals surface area (Å²) in [7, 11) is 0. The van der Waals surface area contributed by atoms with Crippen LogP contribution in [0.15, 0.2) is 58.3 Å². The number of hydrogen-bond donors (Lipinski definition) is 1. The van der Waals surface area contributed by atoms with Crippen LogP contribution in [-0.4, -0.2) is 22.4 Å². The Bertz CT molecular complexity index is 1480. The molecular formula is C22H15N3O5S2. The SMILES string of the molecule is CCOc1ccc2oc(-c3csc(NC(=O)c4cc5cc([N+](=O)[O-])ccc5s4)n3)cc2c1. The van der Waals surface area contributed by atoms with Crippen molar-refractivity contribution >= 4 is 60.5 Å². The number of rotatable bonds is 6. The second-order valence-electron chi connectivity index (χ2n) is 6.83. The van der Waals surface area contributed by atoms with E-state index in [0.29, 0.717) is 33.5 Å². The molecule has 0 radical (unpaired) electrons. The van der Waals surface area contributed by atoms with Gasteiger partial charge in [-0.2, -0.15) is 0 Å². The number of carbonyl (C=O) groups is 1. The topological polar surface area (TPSA) is 108 Å². The van der Waals surface area contributed by atoms with Crippen molar-refractivity contribution < 1.29 is 18.9 Å².